The molecule has 2 aromatic carbocycles. The highest BCUT2D eigenvalue weighted by atomic mass is 19.4. The molecule has 0 spiro atoms. The van der Waals surface area contributed by atoms with Gasteiger partial charge in [-0.1, -0.05) is 24.3 Å². The predicted octanol–water partition coefficient (Wildman–Crippen LogP) is 4.06. The van der Waals surface area contributed by atoms with E-state index in [1.165, 1.54) is 6.07 Å². The zero-order chi connectivity index (χ0) is 21.4. The molecular formula is C21H26F3N3O2. The first kappa shape index (κ1) is 22.5. The first-order valence-electron chi connectivity index (χ1n) is 9.28. The molecule has 3 N–H and O–H groups in total. The topological polar surface area (TPSA) is 65.9 Å². The van der Waals surface area contributed by atoms with Gasteiger partial charge >= 0.3 is 6.18 Å². The molecule has 0 heterocycles. The van der Waals surface area contributed by atoms with Gasteiger partial charge in [-0.05, 0) is 49.2 Å². The van der Waals surface area contributed by atoms with E-state index in [1.54, 1.807) is 44.4 Å². The van der Waals surface area contributed by atoms with Crippen molar-refractivity contribution in [1.29, 1.82) is 0 Å². The Hall–Kier alpha value is -2.74. The fourth-order valence-electron chi connectivity index (χ4n) is 2.72. The normalized spacial score (nSPS) is 14.2. The van der Waals surface area contributed by atoms with Gasteiger partial charge in [-0.15, -0.1) is 0 Å². The second kappa shape index (κ2) is 10.2. The minimum atomic E-state index is -4.39. The summed E-state index contributed by atoms with van der Waals surface area (Å²) >= 11 is 0. The third kappa shape index (κ3) is 6.67. The van der Waals surface area contributed by atoms with Crippen molar-refractivity contribution in [2.24, 2.45) is 4.99 Å². The molecule has 2 unspecified atom stereocenters. The number of halogens is 3. The summed E-state index contributed by atoms with van der Waals surface area (Å²) in [5.41, 5.74) is 0.452. The molecule has 0 aliphatic carbocycles. The summed E-state index contributed by atoms with van der Waals surface area (Å²) in [5, 5.41) is 16.5. The van der Waals surface area contributed by atoms with Gasteiger partial charge in [-0.2, -0.15) is 13.2 Å². The third-order valence-electron chi connectivity index (χ3n) is 4.31. The number of guanidine groups is 1. The number of aliphatic hydroxyl groups excluding tert-OH is 1. The van der Waals surface area contributed by atoms with E-state index in [2.05, 4.69) is 15.6 Å². The zero-order valence-electron chi connectivity index (χ0n) is 16.6. The van der Waals surface area contributed by atoms with Crippen LogP contribution < -0.4 is 15.4 Å². The largest absolute Gasteiger partial charge is 0.497 e. The Morgan fingerprint density at radius 2 is 1.83 bits per heavy atom. The van der Waals surface area contributed by atoms with Crippen LogP contribution >= 0.6 is 0 Å². The Balaban J connectivity index is 2.10. The highest BCUT2D eigenvalue weighted by molar-refractivity contribution is 5.80. The fraction of sp³-hybridized carbons (Fsp3) is 0.381. The van der Waals surface area contributed by atoms with Crippen molar-refractivity contribution in [3.63, 3.8) is 0 Å². The van der Waals surface area contributed by atoms with Gasteiger partial charge in [0.1, 0.15) is 5.75 Å². The minimum Gasteiger partial charge on any atom is -0.497 e. The van der Waals surface area contributed by atoms with Crippen LogP contribution in [0.2, 0.25) is 0 Å². The first-order chi connectivity index (χ1) is 13.7. The monoisotopic (exact) mass is 409 g/mol. The highest BCUT2D eigenvalue weighted by Gasteiger charge is 2.30. The van der Waals surface area contributed by atoms with Crippen LogP contribution in [0, 0.1) is 0 Å². The Labute approximate surface area is 168 Å². The lowest BCUT2D eigenvalue weighted by Crippen LogP contribution is -2.39. The quantitative estimate of drug-likeness (QED) is 0.477. The molecule has 158 valence electrons. The summed E-state index contributed by atoms with van der Waals surface area (Å²) in [5.74, 6) is 1.04. The van der Waals surface area contributed by atoms with Gasteiger partial charge in [-0.25, -0.2) is 0 Å². The van der Waals surface area contributed by atoms with Crippen molar-refractivity contribution in [2.75, 3.05) is 20.2 Å². The number of alkyl halides is 3. The molecule has 8 heteroatoms. The number of hydrogen-bond acceptors (Lipinski definition) is 3. The van der Waals surface area contributed by atoms with Crippen molar-refractivity contribution in [2.45, 2.75) is 32.2 Å². The SMILES string of the molecule is CCNC(=NCC(O)c1cccc(OC)c1)NC(C)c1cccc(C(F)(F)F)c1. The molecule has 2 aromatic rings. The van der Waals surface area contributed by atoms with Crippen LogP contribution in [0.4, 0.5) is 13.2 Å². The second-order valence-electron chi connectivity index (χ2n) is 6.50. The van der Waals surface area contributed by atoms with Crippen molar-refractivity contribution in [1.82, 2.24) is 10.6 Å². The number of rotatable bonds is 7. The Bertz CT molecular complexity index is 825. The van der Waals surface area contributed by atoms with Gasteiger partial charge in [0.2, 0.25) is 0 Å². The molecule has 2 atom stereocenters. The number of nitrogens with one attached hydrogen (secondary N) is 2. The van der Waals surface area contributed by atoms with E-state index < -0.39 is 23.9 Å². The summed E-state index contributed by atoms with van der Waals surface area (Å²) in [6.07, 6.45) is -5.24. The molecule has 29 heavy (non-hydrogen) atoms. The van der Waals surface area contributed by atoms with Gasteiger partial charge in [0, 0.05) is 6.54 Å². The number of hydrogen-bond donors (Lipinski definition) is 3. The zero-order valence-corrected chi connectivity index (χ0v) is 16.6. The van der Waals surface area contributed by atoms with Gasteiger partial charge in [0.25, 0.3) is 0 Å². The Kier molecular flexibility index (Phi) is 7.90. The van der Waals surface area contributed by atoms with Gasteiger partial charge < -0.3 is 20.5 Å². The number of methoxy groups -OCH3 is 1. The van der Waals surface area contributed by atoms with Crippen LogP contribution in [0.3, 0.4) is 0 Å². The molecule has 0 saturated carbocycles. The first-order valence-corrected chi connectivity index (χ1v) is 9.28. The van der Waals surface area contributed by atoms with Gasteiger partial charge in [0.05, 0.1) is 31.4 Å². The maximum atomic E-state index is 12.9. The van der Waals surface area contributed by atoms with E-state index in [1.807, 2.05) is 6.92 Å². The Morgan fingerprint density at radius 3 is 2.48 bits per heavy atom. The molecule has 0 aromatic heterocycles. The molecule has 0 radical (unpaired) electrons. The highest BCUT2D eigenvalue weighted by Crippen LogP contribution is 2.30. The molecule has 5 nitrogen and oxygen atoms in total. The van der Waals surface area contributed by atoms with E-state index in [0.29, 0.717) is 29.4 Å². The lowest BCUT2D eigenvalue weighted by molar-refractivity contribution is -0.137. The van der Waals surface area contributed by atoms with E-state index in [-0.39, 0.29) is 6.54 Å². The maximum absolute atomic E-state index is 12.9. The number of nitrogens with zero attached hydrogens (tertiary/aromatic N) is 1. The molecular weight excluding hydrogens is 383 g/mol. The summed E-state index contributed by atoms with van der Waals surface area (Å²) in [7, 11) is 1.55. The van der Waals surface area contributed by atoms with Crippen LogP contribution in [0.1, 0.15) is 42.7 Å². The second-order valence-corrected chi connectivity index (χ2v) is 6.50. The average Bonchev–Trinajstić information content (AvgIpc) is 2.71. The molecule has 0 fully saturated rings. The number of ether oxygens (including phenoxy) is 1. The lowest BCUT2D eigenvalue weighted by atomic mass is 10.1. The smallest absolute Gasteiger partial charge is 0.416 e. The lowest BCUT2D eigenvalue weighted by Gasteiger charge is -2.20. The summed E-state index contributed by atoms with van der Waals surface area (Å²) < 4.78 is 44.0. The summed E-state index contributed by atoms with van der Waals surface area (Å²) in [6, 6.07) is 11.8. The van der Waals surface area contributed by atoms with E-state index in [4.69, 9.17) is 4.74 Å². The van der Waals surface area contributed by atoms with Crippen molar-refractivity contribution < 1.29 is 23.0 Å². The summed E-state index contributed by atoms with van der Waals surface area (Å²) in [6.45, 7) is 4.28. The fourth-order valence-corrected chi connectivity index (χ4v) is 2.72. The number of aliphatic hydroxyl groups is 1. The number of aliphatic imine (C=N–C) groups is 1. The standard InChI is InChI=1S/C21H26F3N3O2/c1-4-25-20(26-13-19(28)16-8-6-10-18(12-16)29-3)27-14(2)15-7-5-9-17(11-15)21(22,23)24/h5-12,14,19,28H,4,13H2,1-3H3,(H2,25,26,27). The predicted molar refractivity (Wildman–Crippen MR) is 107 cm³/mol. The third-order valence-corrected chi connectivity index (χ3v) is 4.31. The van der Waals surface area contributed by atoms with Crippen LogP contribution in [-0.2, 0) is 6.18 Å². The molecule has 2 rings (SSSR count). The van der Waals surface area contributed by atoms with Crippen LogP contribution in [0.25, 0.3) is 0 Å². The van der Waals surface area contributed by atoms with Gasteiger partial charge in [-0.3, -0.25) is 4.99 Å². The minimum absolute atomic E-state index is 0.0812. The van der Waals surface area contributed by atoms with E-state index >= 15 is 0 Å². The Morgan fingerprint density at radius 1 is 1.14 bits per heavy atom. The van der Waals surface area contributed by atoms with Crippen LogP contribution in [-0.4, -0.2) is 31.3 Å². The van der Waals surface area contributed by atoms with E-state index in [9.17, 15) is 18.3 Å². The average molecular weight is 409 g/mol. The van der Waals surface area contributed by atoms with Crippen molar-refractivity contribution in [3.8, 4) is 5.75 Å². The van der Waals surface area contributed by atoms with Crippen LogP contribution in [0.15, 0.2) is 53.5 Å². The molecule has 0 bridgehead atoms. The molecule has 0 amide bonds. The van der Waals surface area contributed by atoms with Crippen molar-refractivity contribution in [3.05, 3.63) is 65.2 Å². The van der Waals surface area contributed by atoms with E-state index in [0.717, 1.165) is 12.1 Å². The molecule has 0 saturated heterocycles. The summed E-state index contributed by atoms with van der Waals surface area (Å²) in [4.78, 5) is 4.36. The van der Waals surface area contributed by atoms with Crippen LogP contribution in [0.5, 0.6) is 5.75 Å². The van der Waals surface area contributed by atoms with Gasteiger partial charge in [0.15, 0.2) is 5.96 Å². The maximum Gasteiger partial charge on any atom is 0.416 e. The molecule has 0 aliphatic heterocycles. The number of benzene rings is 2. The molecule has 0 aliphatic rings. The van der Waals surface area contributed by atoms with Crippen molar-refractivity contribution >= 4 is 5.96 Å².